The average Bonchev–Trinajstić information content (AvgIpc) is 2.58. The molecule has 1 aromatic carbocycles. The highest BCUT2D eigenvalue weighted by atomic mass is 16.7. The molecular weight excluding hydrogens is 296 g/mol. The third-order valence-electron chi connectivity index (χ3n) is 4.47. The minimum Gasteiger partial charge on any atom is -0.469 e. The Kier molecular flexibility index (Phi) is 6.57. The van der Waals surface area contributed by atoms with E-state index in [0.29, 0.717) is 6.61 Å². The fourth-order valence-corrected chi connectivity index (χ4v) is 3.09. The zero-order valence-corrected chi connectivity index (χ0v) is 14.2. The molecule has 5 nitrogen and oxygen atoms in total. The first-order valence-electron chi connectivity index (χ1n) is 7.97. The van der Waals surface area contributed by atoms with Crippen molar-refractivity contribution in [1.29, 1.82) is 0 Å². The second-order valence-corrected chi connectivity index (χ2v) is 6.04. The van der Waals surface area contributed by atoms with Gasteiger partial charge in [-0.1, -0.05) is 44.2 Å². The normalized spacial score (nSPS) is 30.9. The zero-order valence-electron chi connectivity index (χ0n) is 14.2. The number of rotatable bonds is 6. The second kappa shape index (κ2) is 8.43. The number of esters is 1. The number of carbonyl (C=O) groups is 1. The summed E-state index contributed by atoms with van der Waals surface area (Å²) in [5.41, 5.74) is 1.12. The lowest BCUT2D eigenvalue weighted by molar-refractivity contribution is -0.263. The van der Waals surface area contributed by atoms with Crippen molar-refractivity contribution in [2.24, 2.45) is 11.8 Å². The van der Waals surface area contributed by atoms with E-state index in [0.717, 1.165) is 5.56 Å². The van der Waals surface area contributed by atoms with Crippen molar-refractivity contribution in [3.8, 4) is 0 Å². The Labute approximate surface area is 137 Å². The van der Waals surface area contributed by atoms with E-state index in [1.54, 1.807) is 7.11 Å². The van der Waals surface area contributed by atoms with Crippen LogP contribution in [-0.4, -0.2) is 38.7 Å². The van der Waals surface area contributed by atoms with Gasteiger partial charge in [0.25, 0.3) is 0 Å². The molecule has 1 saturated heterocycles. The minimum absolute atomic E-state index is 0.0523. The molecule has 2 rings (SSSR count). The predicted molar refractivity (Wildman–Crippen MR) is 85.7 cm³/mol. The van der Waals surface area contributed by atoms with Crippen LogP contribution in [0.2, 0.25) is 0 Å². The molecule has 0 amide bonds. The summed E-state index contributed by atoms with van der Waals surface area (Å²) in [6.45, 7) is 4.63. The van der Waals surface area contributed by atoms with Gasteiger partial charge in [0.15, 0.2) is 6.29 Å². The number of hydrogen-bond donors (Lipinski definition) is 0. The molecule has 0 saturated carbocycles. The smallest absolute Gasteiger partial charge is 0.308 e. The highest BCUT2D eigenvalue weighted by Gasteiger charge is 2.43. The quantitative estimate of drug-likeness (QED) is 0.754. The van der Waals surface area contributed by atoms with Gasteiger partial charge in [-0.15, -0.1) is 0 Å². The van der Waals surface area contributed by atoms with E-state index >= 15 is 0 Å². The number of benzene rings is 1. The molecular formula is C18H26O5. The summed E-state index contributed by atoms with van der Waals surface area (Å²) in [4.78, 5) is 11.6. The Bertz CT molecular complexity index is 489. The monoisotopic (exact) mass is 322 g/mol. The largest absolute Gasteiger partial charge is 0.469 e. The number of carbonyl (C=O) groups excluding carboxylic acids is 1. The fraction of sp³-hybridized carbons (Fsp3) is 0.611. The molecule has 0 aliphatic carbocycles. The van der Waals surface area contributed by atoms with Crippen molar-refractivity contribution in [2.45, 2.75) is 45.4 Å². The fourth-order valence-electron chi connectivity index (χ4n) is 3.09. The lowest BCUT2D eigenvalue weighted by atomic mass is 9.84. The van der Waals surface area contributed by atoms with Crippen LogP contribution < -0.4 is 0 Å². The third-order valence-corrected chi connectivity index (χ3v) is 4.47. The zero-order chi connectivity index (χ0) is 16.8. The molecule has 0 spiro atoms. The van der Waals surface area contributed by atoms with Crippen LogP contribution in [0.5, 0.6) is 0 Å². The van der Waals surface area contributed by atoms with Crippen LogP contribution in [-0.2, 0) is 30.3 Å². The molecule has 128 valence electrons. The van der Waals surface area contributed by atoms with Crippen molar-refractivity contribution < 1.29 is 23.7 Å². The van der Waals surface area contributed by atoms with Gasteiger partial charge in [-0.05, 0) is 5.56 Å². The lowest BCUT2D eigenvalue weighted by Crippen LogP contribution is -2.51. The molecule has 1 unspecified atom stereocenters. The van der Waals surface area contributed by atoms with E-state index in [1.165, 1.54) is 7.11 Å². The average molecular weight is 322 g/mol. The van der Waals surface area contributed by atoms with E-state index in [-0.39, 0.29) is 42.7 Å². The van der Waals surface area contributed by atoms with Gasteiger partial charge in [0.05, 0.1) is 32.3 Å². The van der Waals surface area contributed by atoms with Crippen molar-refractivity contribution >= 4 is 5.97 Å². The molecule has 1 fully saturated rings. The lowest BCUT2D eigenvalue weighted by Gasteiger charge is -2.43. The van der Waals surface area contributed by atoms with E-state index < -0.39 is 0 Å². The van der Waals surface area contributed by atoms with Gasteiger partial charge in [-0.2, -0.15) is 0 Å². The summed E-state index contributed by atoms with van der Waals surface area (Å²) in [6, 6.07) is 10.0. The SMILES string of the molecule is COC(=O)C[C@H]1OC(OC)[C@H](C)[C@H](OCc2ccccc2)[C@H]1C. The maximum absolute atomic E-state index is 11.6. The molecule has 23 heavy (non-hydrogen) atoms. The molecule has 5 atom stereocenters. The van der Waals surface area contributed by atoms with Crippen LogP contribution in [0, 0.1) is 11.8 Å². The van der Waals surface area contributed by atoms with Crippen molar-refractivity contribution in [1.82, 2.24) is 0 Å². The predicted octanol–water partition coefficient (Wildman–Crippen LogP) is 2.78. The van der Waals surface area contributed by atoms with E-state index in [1.807, 2.05) is 37.3 Å². The van der Waals surface area contributed by atoms with Crippen molar-refractivity contribution in [2.75, 3.05) is 14.2 Å². The maximum Gasteiger partial charge on any atom is 0.308 e. The number of hydrogen-bond acceptors (Lipinski definition) is 5. The summed E-state index contributed by atoms with van der Waals surface area (Å²) in [5.74, 6) is -0.139. The highest BCUT2D eigenvalue weighted by Crippen LogP contribution is 2.34. The summed E-state index contributed by atoms with van der Waals surface area (Å²) >= 11 is 0. The molecule has 0 N–H and O–H groups in total. The number of ether oxygens (including phenoxy) is 4. The Hall–Kier alpha value is -1.43. The van der Waals surface area contributed by atoms with Crippen LogP contribution in [0.1, 0.15) is 25.8 Å². The van der Waals surface area contributed by atoms with Crippen molar-refractivity contribution in [3.05, 3.63) is 35.9 Å². The second-order valence-electron chi connectivity index (χ2n) is 6.04. The van der Waals surface area contributed by atoms with Gasteiger partial charge < -0.3 is 18.9 Å². The van der Waals surface area contributed by atoms with Gasteiger partial charge in [-0.3, -0.25) is 4.79 Å². The molecule has 1 aromatic rings. The minimum atomic E-state index is -0.387. The molecule has 0 bridgehead atoms. The van der Waals surface area contributed by atoms with E-state index in [9.17, 15) is 4.79 Å². The molecule has 0 radical (unpaired) electrons. The van der Waals surface area contributed by atoms with Gasteiger partial charge in [-0.25, -0.2) is 0 Å². The Morgan fingerprint density at radius 1 is 1.13 bits per heavy atom. The van der Waals surface area contributed by atoms with Gasteiger partial charge in [0.1, 0.15) is 0 Å². The Balaban J connectivity index is 2.05. The number of methoxy groups -OCH3 is 2. The van der Waals surface area contributed by atoms with Gasteiger partial charge in [0.2, 0.25) is 0 Å². The van der Waals surface area contributed by atoms with Gasteiger partial charge >= 0.3 is 5.97 Å². The Morgan fingerprint density at radius 2 is 1.83 bits per heavy atom. The summed E-state index contributed by atoms with van der Waals surface area (Å²) in [6.07, 6.45) is -0.510. The highest BCUT2D eigenvalue weighted by molar-refractivity contribution is 5.69. The summed E-state index contributed by atoms with van der Waals surface area (Å²) in [5, 5.41) is 0. The van der Waals surface area contributed by atoms with E-state index in [4.69, 9.17) is 18.9 Å². The third kappa shape index (κ3) is 4.53. The van der Waals surface area contributed by atoms with Crippen molar-refractivity contribution in [3.63, 3.8) is 0 Å². The van der Waals surface area contributed by atoms with Crippen LogP contribution in [0.25, 0.3) is 0 Å². The van der Waals surface area contributed by atoms with Crippen LogP contribution in [0.4, 0.5) is 0 Å². The Morgan fingerprint density at radius 3 is 2.43 bits per heavy atom. The molecule has 1 aliphatic heterocycles. The summed E-state index contributed by atoms with van der Waals surface area (Å²) in [7, 11) is 3.00. The standard InChI is InChI=1S/C18H26O5/c1-12-15(10-16(19)20-3)23-18(21-4)13(2)17(12)22-11-14-8-6-5-7-9-14/h5-9,12-13,15,17-18H,10-11H2,1-4H3/t12-,13+,15+,17+,18?/m0/s1. The summed E-state index contributed by atoms with van der Waals surface area (Å²) < 4.78 is 22.3. The van der Waals surface area contributed by atoms with Crippen LogP contribution in [0.15, 0.2) is 30.3 Å². The van der Waals surface area contributed by atoms with Crippen LogP contribution >= 0.6 is 0 Å². The first-order valence-corrected chi connectivity index (χ1v) is 7.97. The van der Waals surface area contributed by atoms with Crippen LogP contribution in [0.3, 0.4) is 0 Å². The van der Waals surface area contributed by atoms with E-state index in [2.05, 4.69) is 6.92 Å². The first kappa shape index (κ1) is 17.9. The topological polar surface area (TPSA) is 54.0 Å². The molecule has 5 heteroatoms. The first-order chi connectivity index (χ1) is 11.1. The molecule has 1 heterocycles. The molecule has 1 aliphatic rings. The van der Waals surface area contributed by atoms with Gasteiger partial charge in [0, 0.05) is 18.9 Å². The maximum atomic E-state index is 11.6. The molecule has 0 aromatic heterocycles.